The van der Waals surface area contributed by atoms with Crippen LogP contribution >= 0.6 is 0 Å². The highest BCUT2D eigenvalue weighted by Crippen LogP contribution is 2.29. The van der Waals surface area contributed by atoms with Gasteiger partial charge in [0, 0.05) is 17.7 Å². The number of nitrogens with one attached hydrogen (secondary N) is 1. The molecule has 2 aromatic rings. The minimum atomic E-state index is -3.36. The van der Waals surface area contributed by atoms with Gasteiger partial charge >= 0.3 is 0 Å². The van der Waals surface area contributed by atoms with Gasteiger partial charge in [-0.3, -0.25) is 4.98 Å². The van der Waals surface area contributed by atoms with E-state index in [9.17, 15) is 12.8 Å². The van der Waals surface area contributed by atoms with Gasteiger partial charge in [0.2, 0.25) is 10.0 Å². The van der Waals surface area contributed by atoms with E-state index in [1.807, 2.05) is 24.3 Å². The molecule has 2 heterocycles. The monoisotopic (exact) mass is 364 g/mol. The van der Waals surface area contributed by atoms with Crippen molar-refractivity contribution in [3.8, 4) is 11.1 Å². The Morgan fingerprint density at radius 3 is 2.52 bits per heavy atom. The summed E-state index contributed by atoms with van der Waals surface area (Å²) >= 11 is 0. The molecular weight excluding hydrogens is 343 g/mol. The molecule has 1 saturated heterocycles. The van der Waals surface area contributed by atoms with E-state index in [1.165, 1.54) is 12.3 Å². The highest BCUT2D eigenvalue weighted by molar-refractivity contribution is 7.90. The summed E-state index contributed by atoms with van der Waals surface area (Å²) in [5, 5.41) is -0.489. The molecule has 0 saturated carbocycles. The Hall–Kier alpha value is -1.83. The summed E-state index contributed by atoms with van der Waals surface area (Å²) in [6.07, 6.45) is 2.77. The number of hydrogen-bond donors (Lipinski definition) is 1. The number of benzene rings is 1. The molecule has 2 atom stereocenters. The van der Waals surface area contributed by atoms with Crippen molar-refractivity contribution in [3.63, 3.8) is 0 Å². The molecule has 0 unspecified atom stereocenters. The summed E-state index contributed by atoms with van der Waals surface area (Å²) in [6.45, 7) is 4.11. The summed E-state index contributed by atoms with van der Waals surface area (Å²) < 4.78 is 45.8. The lowest BCUT2D eigenvalue weighted by Crippen LogP contribution is -2.42. The van der Waals surface area contributed by atoms with Gasteiger partial charge in [-0.15, -0.1) is 0 Å². The topological polar surface area (TPSA) is 68.3 Å². The first-order chi connectivity index (χ1) is 11.9. The molecule has 0 aliphatic carbocycles. The Kier molecular flexibility index (Phi) is 5.17. The minimum absolute atomic E-state index is 0.0480. The summed E-state index contributed by atoms with van der Waals surface area (Å²) in [5.41, 5.74) is 2.54. The van der Waals surface area contributed by atoms with Crippen LogP contribution in [0.25, 0.3) is 11.1 Å². The van der Waals surface area contributed by atoms with Crippen molar-refractivity contribution >= 4 is 10.0 Å². The van der Waals surface area contributed by atoms with Crippen molar-refractivity contribution in [2.45, 2.75) is 31.1 Å². The maximum atomic E-state index is 13.3. The molecule has 3 rings (SSSR count). The van der Waals surface area contributed by atoms with Crippen LogP contribution in [0.1, 0.15) is 25.3 Å². The fourth-order valence-corrected chi connectivity index (χ4v) is 3.77. The van der Waals surface area contributed by atoms with Crippen molar-refractivity contribution < 1.29 is 17.5 Å². The molecule has 134 valence electrons. The van der Waals surface area contributed by atoms with E-state index in [0.717, 1.165) is 11.1 Å². The maximum Gasteiger partial charge on any atom is 0.214 e. The summed E-state index contributed by atoms with van der Waals surface area (Å²) in [7, 11) is -3.36. The van der Waals surface area contributed by atoms with Crippen LogP contribution in [0.3, 0.4) is 0 Å². The van der Waals surface area contributed by atoms with Crippen molar-refractivity contribution in [1.82, 2.24) is 9.71 Å². The van der Waals surface area contributed by atoms with Crippen LogP contribution in [-0.4, -0.2) is 37.9 Å². The normalized spacial score (nSPS) is 21.0. The van der Waals surface area contributed by atoms with Crippen molar-refractivity contribution in [1.29, 1.82) is 0 Å². The molecule has 5 nitrogen and oxygen atoms in total. The van der Waals surface area contributed by atoms with Crippen molar-refractivity contribution in [2.75, 3.05) is 13.2 Å². The average Bonchev–Trinajstić information content (AvgIpc) is 3.02. The van der Waals surface area contributed by atoms with E-state index in [0.29, 0.717) is 18.8 Å². The summed E-state index contributed by atoms with van der Waals surface area (Å²) in [5.74, 6) is -0.429. The first-order valence-corrected chi connectivity index (χ1v) is 9.71. The molecule has 0 amide bonds. The second-order valence-electron chi connectivity index (χ2n) is 6.48. The van der Waals surface area contributed by atoms with E-state index in [-0.39, 0.29) is 17.8 Å². The lowest BCUT2D eigenvalue weighted by molar-refractivity contribution is 0.189. The molecule has 1 N–H and O–H groups in total. The smallest absolute Gasteiger partial charge is 0.214 e. The first-order valence-electron chi connectivity index (χ1n) is 8.16. The molecule has 7 heteroatoms. The number of aromatic nitrogens is 1. The second-order valence-corrected chi connectivity index (χ2v) is 8.74. The van der Waals surface area contributed by atoms with Crippen LogP contribution in [0, 0.1) is 5.82 Å². The Labute approximate surface area is 147 Å². The number of pyridine rings is 1. The number of ether oxygens (including phenoxy) is 1. The summed E-state index contributed by atoms with van der Waals surface area (Å²) in [4.78, 5) is 3.86. The van der Waals surface area contributed by atoms with Crippen LogP contribution in [-0.2, 0) is 14.8 Å². The molecule has 1 aromatic heterocycles. The third kappa shape index (κ3) is 4.05. The van der Waals surface area contributed by atoms with E-state index in [2.05, 4.69) is 9.71 Å². The van der Waals surface area contributed by atoms with Gasteiger partial charge in [0.05, 0.1) is 30.7 Å². The number of halogens is 1. The van der Waals surface area contributed by atoms with Crippen LogP contribution in [0.2, 0.25) is 0 Å². The fourth-order valence-electron chi connectivity index (χ4n) is 2.84. The lowest BCUT2D eigenvalue weighted by Gasteiger charge is -2.21. The minimum Gasteiger partial charge on any atom is -0.379 e. The van der Waals surface area contributed by atoms with Crippen LogP contribution in [0.5, 0.6) is 0 Å². The molecule has 0 spiro atoms. The van der Waals surface area contributed by atoms with Gasteiger partial charge in [-0.2, -0.15) is 0 Å². The second kappa shape index (κ2) is 7.19. The van der Waals surface area contributed by atoms with E-state index < -0.39 is 15.3 Å². The standard InChI is InChI=1S/C18H21FN2O3S/c1-12(2)25(22,23)21-18-11-24-10-17(18)14-5-3-13(4-6-14)15-7-16(19)9-20-8-15/h3-9,12,17-18,21H,10-11H2,1-2H3/t17-,18-/m1/s1. The average molecular weight is 364 g/mol. The molecular formula is C18H21FN2O3S. The van der Waals surface area contributed by atoms with Crippen LogP contribution in [0.15, 0.2) is 42.7 Å². The van der Waals surface area contributed by atoms with Gasteiger partial charge in [-0.05, 0) is 31.0 Å². The molecule has 0 bridgehead atoms. The third-order valence-electron chi connectivity index (χ3n) is 4.39. The molecule has 1 aromatic carbocycles. The third-order valence-corrected chi connectivity index (χ3v) is 6.27. The molecule has 0 radical (unpaired) electrons. The largest absolute Gasteiger partial charge is 0.379 e. The highest BCUT2D eigenvalue weighted by atomic mass is 32.2. The van der Waals surface area contributed by atoms with Gasteiger partial charge in [0.25, 0.3) is 0 Å². The Bertz CT molecular complexity index is 838. The predicted octanol–water partition coefficient (Wildman–Crippen LogP) is 2.70. The van der Waals surface area contributed by atoms with E-state index >= 15 is 0 Å². The zero-order chi connectivity index (χ0) is 18.0. The van der Waals surface area contributed by atoms with Gasteiger partial charge in [0.15, 0.2) is 0 Å². The number of nitrogens with zero attached hydrogens (tertiary/aromatic N) is 1. The van der Waals surface area contributed by atoms with Crippen LogP contribution in [0.4, 0.5) is 4.39 Å². The highest BCUT2D eigenvalue weighted by Gasteiger charge is 2.33. The van der Waals surface area contributed by atoms with Gasteiger partial charge in [-0.25, -0.2) is 17.5 Å². The molecule has 1 fully saturated rings. The van der Waals surface area contributed by atoms with Gasteiger partial charge in [0.1, 0.15) is 5.82 Å². The number of rotatable bonds is 5. The van der Waals surface area contributed by atoms with Gasteiger partial charge in [-0.1, -0.05) is 24.3 Å². The Morgan fingerprint density at radius 2 is 1.88 bits per heavy atom. The first kappa shape index (κ1) is 18.0. The number of sulfonamides is 1. The van der Waals surface area contributed by atoms with Gasteiger partial charge < -0.3 is 4.74 Å². The molecule has 25 heavy (non-hydrogen) atoms. The predicted molar refractivity (Wildman–Crippen MR) is 94.2 cm³/mol. The molecule has 1 aliphatic heterocycles. The quantitative estimate of drug-likeness (QED) is 0.886. The molecule has 1 aliphatic rings. The Morgan fingerprint density at radius 1 is 1.16 bits per heavy atom. The van der Waals surface area contributed by atoms with E-state index in [4.69, 9.17) is 4.74 Å². The zero-order valence-corrected chi connectivity index (χ0v) is 15.0. The lowest BCUT2D eigenvalue weighted by atomic mass is 9.93. The van der Waals surface area contributed by atoms with E-state index in [1.54, 1.807) is 20.0 Å². The van der Waals surface area contributed by atoms with Crippen molar-refractivity contribution in [2.24, 2.45) is 0 Å². The van der Waals surface area contributed by atoms with Crippen LogP contribution < -0.4 is 4.72 Å². The number of hydrogen-bond acceptors (Lipinski definition) is 4. The SMILES string of the molecule is CC(C)S(=O)(=O)N[C@@H]1COC[C@@H]1c1ccc(-c2cncc(F)c2)cc1. The fraction of sp³-hybridized carbons (Fsp3) is 0.389. The zero-order valence-electron chi connectivity index (χ0n) is 14.1. The summed E-state index contributed by atoms with van der Waals surface area (Å²) in [6, 6.07) is 8.78. The maximum absolute atomic E-state index is 13.3. The van der Waals surface area contributed by atoms with Crippen molar-refractivity contribution in [3.05, 3.63) is 54.1 Å². The Balaban J connectivity index is 1.79.